The summed E-state index contributed by atoms with van der Waals surface area (Å²) in [4.78, 5) is 33.4. The predicted molar refractivity (Wildman–Crippen MR) is 155 cm³/mol. The lowest BCUT2D eigenvalue weighted by Crippen LogP contribution is -2.48. The Kier molecular flexibility index (Phi) is 7.91. The number of halogens is 4. The van der Waals surface area contributed by atoms with Crippen LogP contribution in [0.1, 0.15) is 17.4 Å². The molecule has 2 aromatic carbocycles. The number of imidazole rings is 2. The smallest absolute Gasteiger partial charge is 0.321 e. The van der Waals surface area contributed by atoms with Gasteiger partial charge in [0.25, 0.3) is 5.91 Å². The number of H-pyrrole nitrogens is 1. The minimum Gasteiger partial charge on any atom is -0.457 e. The van der Waals surface area contributed by atoms with Crippen molar-refractivity contribution < 1.29 is 27.1 Å². The quantitative estimate of drug-likeness (QED) is 0.182. The van der Waals surface area contributed by atoms with E-state index in [4.69, 9.17) is 4.74 Å². The fourth-order valence-electron chi connectivity index (χ4n) is 5.15. The monoisotopic (exact) mass is 608 g/mol. The maximum atomic E-state index is 14.4. The molecule has 0 atom stereocenters. The number of piperazine rings is 1. The molecule has 4 heterocycles. The molecule has 1 N–H and O–H groups in total. The SMILES string of the molecule is CCN1CCN(C(=O)c2cnc(-c3cc(Oc4ccc5c(c4)nc(N(c4cc(F)ccc4F)C(F)F)n5C)ccn3)[nH]2)CC1. The summed E-state index contributed by atoms with van der Waals surface area (Å²) < 4.78 is 63.9. The zero-order chi connectivity index (χ0) is 31.0. The molecule has 1 saturated heterocycles. The molecule has 0 bridgehead atoms. The minimum absolute atomic E-state index is 0.125. The third kappa shape index (κ3) is 5.67. The van der Waals surface area contributed by atoms with Gasteiger partial charge in [-0.3, -0.25) is 14.7 Å². The Morgan fingerprint density at radius 3 is 2.55 bits per heavy atom. The summed E-state index contributed by atoms with van der Waals surface area (Å²) in [6, 6.07) is 10.4. The molecule has 14 heteroatoms. The lowest BCUT2D eigenvalue weighted by atomic mass is 10.3. The van der Waals surface area contributed by atoms with Crippen LogP contribution in [0.15, 0.2) is 60.9 Å². The lowest BCUT2D eigenvalue weighted by molar-refractivity contribution is 0.0638. The van der Waals surface area contributed by atoms with Gasteiger partial charge in [-0.1, -0.05) is 6.92 Å². The summed E-state index contributed by atoms with van der Waals surface area (Å²) in [5, 5.41) is 0. The normalized spacial score (nSPS) is 14.0. The fraction of sp³-hybridized carbons (Fsp3) is 0.267. The molecule has 0 radical (unpaired) electrons. The Balaban J connectivity index is 1.22. The fourth-order valence-corrected chi connectivity index (χ4v) is 5.15. The van der Waals surface area contributed by atoms with Crippen molar-refractivity contribution in [1.29, 1.82) is 0 Å². The third-order valence-electron chi connectivity index (χ3n) is 7.53. The van der Waals surface area contributed by atoms with Crippen molar-refractivity contribution in [3.05, 3.63) is 78.3 Å². The maximum absolute atomic E-state index is 14.4. The number of aromatic nitrogens is 5. The number of aryl methyl sites for hydroxylation is 1. The highest BCUT2D eigenvalue weighted by Crippen LogP contribution is 2.35. The van der Waals surface area contributed by atoms with Crippen LogP contribution in [0.25, 0.3) is 22.6 Å². The summed E-state index contributed by atoms with van der Waals surface area (Å²) >= 11 is 0. The summed E-state index contributed by atoms with van der Waals surface area (Å²) in [5.74, 6) is -1.13. The molecule has 0 aliphatic carbocycles. The van der Waals surface area contributed by atoms with Gasteiger partial charge in [0.1, 0.15) is 34.5 Å². The Morgan fingerprint density at radius 1 is 1.02 bits per heavy atom. The second-order valence-corrected chi connectivity index (χ2v) is 10.2. The average molecular weight is 609 g/mol. The van der Waals surface area contributed by atoms with Gasteiger partial charge >= 0.3 is 6.55 Å². The van der Waals surface area contributed by atoms with Crippen LogP contribution in [0.3, 0.4) is 0 Å². The molecule has 10 nitrogen and oxygen atoms in total. The molecule has 0 unspecified atom stereocenters. The molecular formula is C30H28F4N8O2. The van der Waals surface area contributed by atoms with E-state index in [0.717, 1.165) is 31.8 Å². The van der Waals surface area contributed by atoms with Crippen molar-refractivity contribution in [1.82, 2.24) is 34.3 Å². The topological polar surface area (TPSA) is 95.4 Å². The van der Waals surface area contributed by atoms with E-state index in [1.54, 1.807) is 35.2 Å². The van der Waals surface area contributed by atoms with E-state index in [2.05, 4.69) is 31.8 Å². The highest BCUT2D eigenvalue weighted by molar-refractivity contribution is 5.92. The van der Waals surface area contributed by atoms with Gasteiger partial charge in [0.15, 0.2) is 5.82 Å². The number of rotatable bonds is 8. The van der Waals surface area contributed by atoms with Crippen LogP contribution < -0.4 is 9.64 Å². The Hall–Kier alpha value is -4.98. The summed E-state index contributed by atoms with van der Waals surface area (Å²) in [6.07, 6.45) is 3.02. The zero-order valence-electron chi connectivity index (χ0n) is 23.8. The zero-order valence-corrected chi connectivity index (χ0v) is 23.8. The van der Waals surface area contributed by atoms with Crippen molar-refractivity contribution in [2.75, 3.05) is 37.6 Å². The number of fused-ring (bicyclic) bond motifs is 1. The van der Waals surface area contributed by atoms with Crippen molar-refractivity contribution in [3.8, 4) is 23.0 Å². The van der Waals surface area contributed by atoms with Crippen LogP contribution in [-0.4, -0.2) is 79.5 Å². The number of amides is 1. The molecule has 44 heavy (non-hydrogen) atoms. The van der Waals surface area contributed by atoms with Crippen LogP contribution in [0.4, 0.5) is 29.2 Å². The Labute approximate surface area is 249 Å². The van der Waals surface area contributed by atoms with E-state index in [-0.39, 0.29) is 11.9 Å². The molecule has 1 fully saturated rings. The summed E-state index contributed by atoms with van der Waals surface area (Å²) in [5.41, 5.74) is 0.939. The Morgan fingerprint density at radius 2 is 1.80 bits per heavy atom. The molecule has 5 aromatic rings. The number of alkyl halides is 2. The highest BCUT2D eigenvalue weighted by Gasteiger charge is 2.28. The first kappa shape index (κ1) is 29.1. The first-order chi connectivity index (χ1) is 21.2. The van der Waals surface area contributed by atoms with E-state index in [1.165, 1.54) is 24.0 Å². The average Bonchev–Trinajstić information content (AvgIpc) is 3.64. The number of carbonyl (C=O) groups is 1. The molecule has 6 rings (SSSR count). The molecule has 0 saturated carbocycles. The van der Waals surface area contributed by atoms with Gasteiger partial charge in [-0.15, -0.1) is 0 Å². The molecule has 1 aliphatic rings. The largest absolute Gasteiger partial charge is 0.457 e. The van der Waals surface area contributed by atoms with Crippen molar-refractivity contribution >= 4 is 28.6 Å². The van der Waals surface area contributed by atoms with Crippen LogP contribution in [0.2, 0.25) is 0 Å². The second kappa shape index (κ2) is 12.0. The number of hydrogen-bond acceptors (Lipinski definition) is 7. The van der Waals surface area contributed by atoms with Gasteiger partial charge in [-0.25, -0.2) is 18.7 Å². The van der Waals surface area contributed by atoms with Gasteiger partial charge < -0.3 is 24.1 Å². The van der Waals surface area contributed by atoms with Gasteiger partial charge in [-0.2, -0.15) is 8.78 Å². The van der Waals surface area contributed by atoms with Gasteiger partial charge in [0.05, 0.1) is 22.9 Å². The number of benzene rings is 2. The van der Waals surface area contributed by atoms with Crippen LogP contribution in [0.5, 0.6) is 11.5 Å². The molecule has 1 amide bonds. The van der Waals surface area contributed by atoms with Gasteiger partial charge in [-0.05, 0) is 36.9 Å². The van der Waals surface area contributed by atoms with Crippen molar-refractivity contribution in [2.24, 2.45) is 7.05 Å². The van der Waals surface area contributed by atoms with Gasteiger partial charge in [0.2, 0.25) is 5.95 Å². The van der Waals surface area contributed by atoms with Crippen LogP contribution in [0, 0.1) is 11.6 Å². The second-order valence-electron chi connectivity index (χ2n) is 10.2. The van der Waals surface area contributed by atoms with E-state index < -0.39 is 23.9 Å². The molecule has 1 aliphatic heterocycles. The van der Waals surface area contributed by atoms with Gasteiger partial charge in [0, 0.05) is 57.6 Å². The Bertz CT molecular complexity index is 1820. The number of likely N-dealkylation sites (N-methyl/N-ethyl adjacent to an activating group) is 1. The van der Waals surface area contributed by atoms with Crippen molar-refractivity contribution in [3.63, 3.8) is 0 Å². The van der Waals surface area contributed by atoms with Crippen LogP contribution >= 0.6 is 0 Å². The number of anilines is 2. The summed E-state index contributed by atoms with van der Waals surface area (Å²) in [6.45, 7) is 2.79. The number of aromatic amines is 1. The van der Waals surface area contributed by atoms with E-state index in [9.17, 15) is 22.4 Å². The predicted octanol–water partition coefficient (Wildman–Crippen LogP) is 5.57. The number of ether oxygens (including phenoxy) is 1. The van der Waals surface area contributed by atoms with Crippen LogP contribution in [-0.2, 0) is 7.05 Å². The van der Waals surface area contributed by atoms with E-state index in [1.807, 2.05) is 0 Å². The first-order valence-corrected chi connectivity index (χ1v) is 13.9. The highest BCUT2D eigenvalue weighted by atomic mass is 19.3. The number of pyridine rings is 1. The standard InChI is InChI=1S/C30H28F4N8O2/c1-3-40-10-12-41(13-11-40)28(43)24-17-36-27(37-24)23-16-20(8-9-35-23)44-19-5-7-25-22(15-19)38-30(39(25)2)42(29(33)34)26-14-18(31)4-6-21(26)32/h4-9,14-17,29H,3,10-13H2,1-2H3,(H,36,37). The number of hydrogen-bond donors (Lipinski definition) is 1. The number of nitrogens with one attached hydrogen (secondary N) is 1. The number of carbonyl (C=O) groups excluding carboxylic acids is 1. The first-order valence-electron chi connectivity index (χ1n) is 13.9. The van der Waals surface area contributed by atoms with E-state index >= 15 is 0 Å². The van der Waals surface area contributed by atoms with Crippen molar-refractivity contribution in [2.45, 2.75) is 13.5 Å². The lowest BCUT2D eigenvalue weighted by Gasteiger charge is -2.33. The van der Waals surface area contributed by atoms with E-state index in [0.29, 0.717) is 63.8 Å². The minimum atomic E-state index is -3.20. The maximum Gasteiger partial charge on any atom is 0.321 e. The molecule has 228 valence electrons. The molecular weight excluding hydrogens is 580 g/mol. The molecule has 3 aromatic heterocycles. The summed E-state index contributed by atoms with van der Waals surface area (Å²) in [7, 11) is 1.50. The molecule has 0 spiro atoms. The number of nitrogens with zero attached hydrogens (tertiary/aromatic N) is 7. The third-order valence-corrected chi connectivity index (χ3v) is 7.53.